The molecule has 0 bridgehead atoms. The fourth-order valence-electron chi connectivity index (χ4n) is 3.85. The topological polar surface area (TPSA) is 102 Å². The fourth-order valence-corrected chi connectivity index (χ4v) is 3.85. The lowest BCUT2D eigenvalue weighted by molar-refractivity contribution is -0.137. The lowest BCUT2D eigenvalue weighted by Gasteiger charge is -2.28. The van der Waals surface area contributed by atoms with Gasteiger partial charge in [-0.15, -0.1) is 4.73 Å². The van der Waals surface area contributed by atoms with Crippen LogP contribution in [0.15, 0.2) is 33.6 Å². The maximum absolute atomic E-state index is 13.1. The number of nitrogens with zero attached hydrogens (tertiary/aromatic N) is 4. The van der Waals surface area contributed by atoms with Crippen molar-refractivity contribution < 1.29 is 27.3 Å². The van der Waals surface area contributed by atoms with Crippen LogP contribution in [0.1, 0.15) is 44.2 Å². The third-order valence-corrected chi connectivity index (χ3v) is 5.64. The average Bonchev–Trinajstić information content (AvgIpc) is 3.14. The van der Waals surface area contributed by atoms with E-state index in [2.05, 4.69) is 15.5 Å². The average molecular weight is 477 g/mol. The van der Waals surface area contributed by atoms with Gasteiger partial charge in [-0.25, -0.2) is 4.98 Å². The second-order valence-electron chi connectivity index (χ2n) is 7.87. The van der Waals surface area contributed by atoms with Crippen molar-refractivity contribution in [2.24, 2.45) is 0 Å². The standard InChI is InChI=1S/C22H22F3N5O4/c1-12-18(13(2)34-28-12)20(32)29-9-8-17-16(11-29)19(31)30(33-3)21(27-17)26-10-14-4-6-15(7-5-14)22(23,24)25/h4-7H,8-11H2,1-3H3,(H,26,27). The molecule has 3 aromatic rings. The summed E-state index contributed by atoms with van der Waals surface area (Å²) in [6.07, 6.45) is -4.07. The van der Waals surface area contributed by atoms with Crippen molar-refractivity contribution in [3.05, 3.63) is 74.0 Å². The summed E-state index contributed by atoms with van der Waals surface area (Å²) in [6, 6.07) is 4.68. The molecule has 34 heavy (non-hydrogen) atoms. The molecule has 0 spiro atoms. The Morgan fingerprint density at radius 1 is 1.24 bits per heavy atom. The molecule has 0 saturated carbocycles. The van der Waals surface area contributed by atoms with Gasteiger partial charge in [0, 0.05) is 19.5 Å². The number of rotatable bonds is 5. The SMILES string of the molecule is COn1c(NCc2ccc(C(F)(F)F)cc2)nc2c(c1=O)CN(C(=O)c1c(C)noc1C)CC2. The van der Waals surface area contributed by atoms with Crippen LogP contribution in [0, 0.1) is 13.8 Å². The Morgan fingerprint density at radius 3 is 2.53 bits per heavy atom. The first-order valence-corrected chi connectivity index (χ1v) is 10.4. The minimum Gasteiger partial charge on any atom is -0.411 e. The Labute approximate surface area is 192 Å². The van der Waals surface area contributed by atoms with Gasteiger partial charge >= 0.3 is 6.18 Å². The van der Waals surface area contributed by atoms with E-state index in [0.29, 0.717) is 46.8 Å². The Kier molecular flexibility index (Phi) is 6.07. The molecule has 0 radical (unpaired) electrons. The number of aromatic nitrogens is 3. The fraction of sp³-hybridized carbons (Fsp3) is 0.364. The third-order valence-electron chi connectivity index (χ3n) is 5.64. The van der Waals surface area contributed by atoms with Gasteiger partial charge in [-0.2, -0.15) is 13.2 Å². The Hall–Kier alpha value is -3.83. The van der Waals surface area contributed by atoms with Crippen LogP contribution in [-0.2, 0) is 25.7 Å². The van der Waals surface area contributed by atoms with Gasteiger partial charge in [0.25, 0.3) is 11.5 Å². The zero-order valence-corrected chi connectivity index (χ0v) is 18.7. The van der Waals surface area contributed by atoms with E-state index in [1.54, 1.807) is 13.8 Å². The number of carbonyl (C=O) groups excluding carboxylic acids is 1. The van der Waals surface area contributed by atoms with Gasteiger partial charge in [0.05, 0.1) is 29.1 Å². The number of nitrogens with one attached hydrogen (secondary N) is 1. The van der Waals surface area contributed by atoms with E-state index in [-0.39, 0.29) is 24.9 Å². The molecule has 4 rings (SSSR count). The quantitative estimate of drug-likeness (QED) is 0.603. The van der Waals surface area contributed by atoms with E-state index in [0.717, 1.165) is 16.9 Å². The molecule has 180 valence electrons. The van der Waals surface area contributed by atoms with Gasteiger partial charge in [0.2, 0.25) is 5.95 Å². The second kappa shape index (κ2) is 8.84. The first-order valence-electron chi connectivity index (χ1n) is 10.4. The molecule has 1 N–H and O–H groups in total. The molecule has 9 nitrogen and oxygen atoms in total. The van der Waals surface area contributed by atoms with Crippen LogP contribution in [0.5, 0.6) is 0 Å². The zero-order valence-electron chi connectivity index (χ0n) is 18.7. The smallest absolute Gasteiger partial charge is 0.411 e. The van der Waals surface area contributed by atoms with Crippen molar-refractivity contribution in [1.82, 2.24) is 19.8 Å². The highest BCUT2D eigenvalue weighted by Crippen LogP contribution is 2.29. The molecule has 3 heterocycles. The number of carbonyl (C=O) groups is 1. The number of fused-ring (bicyclic) bond motifs is 1. The van der Waals surface area contributed by atoms with Crippen molar-refractivity contribution in [1.29, 1.82) is 0 Å². The lowest BCUT2D eigenvalue weighted by atomic mass is 10.1. The van der Waals surface area contributed by atoms with Crippen molar-refractivity contribution in [2.75, 3.05) is 19.0 Å². The van der Waals surface area contributed by atoms with Crippen molar-refractivity contribution in [2.45, 2.75) is 39.5 Å². The van der Waals surface area contributed by atoms with Crippen LogP contribution in [-0.4, -0.2) is 39.3 Å². The van der Waals surface area contributed by atoms with Crippen LogP contribution in [0.4, 0.5) is 19.1 Å². The number of benzene rings is 1. The van der Waals surface area contributed by atoms with Crippen molar-refractivity contribution >= 4 is 11.9 Å². The Morgan fingerprint density at radius 2 is 1.94 bits per heavy atom. The molecule has 1 aromatic carbocycles. The number of amides is 1. The molecule has 1 aliphatic heterocycles. The number of alkyl halides is 3. The number of halogens is 3. The molecular weight excluding hydrogens is 455 g/mol. The minimum atomic E-state index is -4.41. The molecule has 0 saturated heterocycles. The summed E-state index contributed by atoms with van der Waals surface area (Å²) in [5.41, 5.74) is 1.05. The minimum absolute atomic E-state index is 0.0482. The van der Waals surface area contributed by atoms with E-state index in [1.807, 2.05) is 0 Å². The summed E-state index contributed by atoms with van der Waals surface area (Å²) >= 11 is 0. The van der Waals surface area contributed by atoms with E-state index < -0.39 is 17.3 Å². The molecule has 1 aliphatic rings. The summed E-state index contributed by atoms with van der Waals surface area (Å²) in [4.78, 5) is 37.3. The maximum atomic E-state index is 13.1. The van der Waals surface area contributed by atoms with E-state index in [4.69, 9.17) is 9.36 Å². The summed E-state index contributed by atoms with van der Waals surface area (Å²) in [5, 5.41) is 6.76. The van der Waals surface area contributed by atoms with Gasteiger partial charge in [0.1, 0.15) is 18.4 Å². The Bertz CT molecular complexity index is 1260. The Balaban J connectivity index is 1.55. The molecule has 12 heteroatoms. The zero-order chi connectivity index (χ0) is 24.6. The summed E-state index contributed by atoms with van der Waals surface area (Å²) in [7, 11) is 1.30. The first kappa shape index (κ1) is 23.3. The molecule has 0 unspecified atom stereocenters. The van der Waals surface area contributed by atoms with Crippen LogP contribution < -0.4 is 15.7 Å². The number of aryl methyl sites for hydroxylation is 2. The number of anilines is 1. The normalized spacial score (nSPS) is 13.5. The molecule has 0 atom stereocenters. The third kappa shape index (κ3) is 4.35. The molecule has 2 aromatic heterocycles. The van der Waals surface area contributed by atoms with Crippen LogP contribution in [0.25, 0.3) is 0 Å². The lowest BCUT2D eigenvalue weighted by Crippen LogP contribution is -2.42. The number of hydrogen-bond donors (Lipinski definition) is 1. The van der Waals surface area contributed by atoms with Crippen molar-refractivity contribution in [3.63, 3.8) is 0 Å². The number of hydrogen-bond acceptors (Lipinski definition) is 7. The maximum Gasteiger partial charge on any atom is 0.416 e. The van der Waals surface area contributed by atoms with Gasteiger partial charge in [0.15, 0.2) is 0 Å². The van der Waals surface area contributed by atoms with E-state index >= 15 is 0 Å². The van der Waals surface area contributed by atoms with Crippen LogP contribution >= 0.6 is 0 Å². The predicted molar refractivity (Wildman–Crippen MR) is 114 cm³/mol. The van der Waals surface area contributed by atoms with Gasteiger partial charge in [-0.3, -0.25) is 9.59 Å². The van der Waals surface area contributed by atoms with Crippen LogP contribution in [0.2, 0.25) is 0 Å². The summed E-state index contributed by atoms with van der Waals surface area (Å²) in [5.74, 6) is 0.245. The monoisotopic (exact) mass is 477 g/mol. The van der Waals surface area contributed by atoms with Gasteiger partial charge in [-0.1, -0.05) is 17.3 Å². The van der Waals surface area contributed by atoms with E-state index in [1.165, 1.54) is 24.1 Å². The molecule has 0 fully saturated rings. The molecule has 0 aliphatic carbocycles. The second-order valence-corrected chi connectivity index (χ2v) is 7.87. The van der Waals surface area contributed by atoms with E-state index in [9.17, 15) is 22.8 Å². The highest BCUT2D eigenvalue weighted by Gasteiger charge is 2.31. The highest BCUT2D eigenvalue weighted by molar-refractivity contribution is 5.96. The predicted octanol–water partition coefficient (Wildman–Crippen LogP) is 2.74. The van der Waals surface area contributed by atoms with Crippen LogP contribution in [0.3, 0.4) is 0 Å². The largest absolute Gasteiger partial charge is 0.416 e. The van der Waals surface area contributed by atoms with Gasteiger partial charge < -0.3 is 19.6 Å². The molecular formula is C22H22F3N5O4. The summed E-state index contributed by atoms with van der Waals surface area (Å²) in [6.45, 7) is 3.85. The molecule has 1 amide bonds. The summed E-state index contributed by atoms with van der Waals surface area (Å²) < 4.78 is 44.3. The highest BCUT2D eigenvalue weighted by atomic mass is 19.4. The van der Waals surface area contributed by atoms with Crippen molar-refractivity contribution in [3.8, 4) is 0 Å². The van der Waals surface area contributed by atoms with Gasteiger partial charge in [-0.05, 0) is 31.5 Å². The first-order chi connectivity index (χ1) is 16.1.